The van der Waals surface area contributed by atoms with Crippen molar-refractivity contribution < 1.29 is 19.0 Å². The van der Waals surface area contributed by atoms with E-state index < -0.39 is 5.97 Å². The van der Waals surface area contributed by atoms with Crippen molar-refractivity contribution in [2.45, 2.75) is 13.3 Å². The normalized spacial score (nSPS) is 9.88. The number of ether oxygens (including phenoxy) is 3. The number of esters is 1. The molecule has 1 aromatic carbocycles. The van der Waals surface area contributed by atoms with Gasteiger partial charge < -0.3 is 14.2 Å². The van der Waals surface area contributed by atoms with E-state index in [1.165, 1.54) is 14.2 Å². The molecular weight excluding hydrogens is 288 g/mol. The Morgan fingerprint density at radius 2 is 2.00 bits per heavy atom. The SMILES string of the molecule is CCCOC(=O)c1cc(OC)cc(Br)c1OC. The molecule has 0 bridgehead atoms. The second-order valence-electron chi connectivity index (χ2n) is 3.33. The van der Waals surface area contributed by atoms with Gasteiger partial charge in [0.25, 0.3) is 0 Å². The van der Waals surface area contributed by atoms with Gasteiger partial charge in [0, 0.05) is 0 Å². The maximum Gasteiger partial charge on any atom is 0.342 e. The Labute approximate surface area is 109 Å². The number of methoxy groups -OCH3 is 2. The van der Waals surface area contributed by atoms with Crippen LogP contribution in [0.1, 0.15) is 23.7 Å². The Hall–Kier alpha value is -1.23. The van der Waals surface area contributed by atoms with Gasteiger partial charge in [0.2, 0.25) is 0 Å². The van der Waals surface area contributed by atoms with E-state index in [2.05, 4.69) is 15.9 Å². The van der Waals surface area contributed by atoms with Crippen LogP contribution in [0.4, 0.5) is 0 Å². The number of hydrogen-bond donors (Lipinski definition) is 0. The molecule has 17 heavy (non-hydrogen) atoms. The molecule has 0 unspecified atom stereocenters. The fraction of sp³-hybridized carbons (Fsp3) is 0.417. The fourth-order valence-corrected chi connectivity index (χ4v) is 1.92. The molecule has 0 aliphatic carbocycles. The van der Waals surface area contributed by atoms with Gasteiger partial charge in [-0.2, -0.15) is 0 Å². The highest BCUT2D eigenvalue weighted by Crippen LogP contribution is 2.33. The molecule has 0 amide bonds. The quantitative estimate of drug-likeness (QED) is 0.784. The van der Waals surface area contributed by atoms with Crippen molar-refractivity contribution in [3.05, 3.63) is 22.2 Å². The van der Waals surface area contributed by atoms with Crippen LogP contribution in [0.15, 0.2) is 16.6 Å². The molecule has 0 atom stereocenters. The molecule has 0 saturated carbocycles. The molecule has 0 fully saturated rings. The number of hydrogen-bond acceptors (Lipinski definition) is 4. The van der Waals surface area contributed by atoms with Crippen molar-refractivity contribution in [3.63, 3.8) is 0 Å². The van der Waals surface area contributed by atoms with E-state index in [1.54, 1.807) is 12.1 Å². The van der Waals surface area contributed by atoms with Crippen molar-refractivity contribution in [3.8, 4) is 11.5 Å². The third kappa shape index (κ3) is 3.36. The lowest BCUT2D eigenvalue weighted by Crippen LogP contribution is -2.08. The van der Waals surface area contributed by atoms with Gasteiger partial charge in [0.1, 0.15) is 17.1 Å². The van der Waals surface area contributed by atoms with Gasteiger partial charge in [0.15, 0.2) is 0 Å². The minimum absolute atomic E-state index is 0.354. The van der Waals surface area contributed by atoms with Gasteiger partial charge in [0.05, 0.1) is 25.3 Å². The molecule has 94 valence electrons. The van der Waals surface area contributed by atoms with E-state index in [9.17, 15) is 4.79 Å². The lowest BCUT2D eigenvalue weighted by Gasteiger charge is -2.11. The van der Waals surface area contributed by atoms with Gasteiger partial charge >= 0.3 is 5.97 Å². The number of carbonyl (C=O) groups excluding carboxylic acids is 1. The molecule has 0 aliphatic heterocycles. The minimum atomic E-state index is -0.414. The van der Waals surface area contributed by atoms with Crippen molar-refractivity contribution in [1.82, 2.24) is 0 Å². The highest BCUT2D eigenvalue weighted by atomic mass is 79.9. The summed E-state index contributed by atoms with van der Waals surface area (Å²) in [6, 6.07) is 3.33. The summed E-state index contributed by atoms with van der Waals surface area (Å²) in [7, 11) is 3.04. The van der Waals surface area contributed by atoms with Crippen LogP contribution in [-0.4, -0.2) is 26.8 Å². The summed E-state index contributed by atoms with van der Waals surface area (Å²) in [4.78, 5) is 11.8. The standard InChI is InChI=1S/C12H15BrO4/c1-4-5-17-12(14)9-6-8(15-2)7-10(13)11(9)16-3/h6-7H,4-5H2,1-3H3. The summed E-state index contributed by atoms with van der Waals surface area (Å²) in [6.45, 7) is 2.32. The topological polar surface area (TPSA) is 44.8 Å². The number of rotatable bonds is 5. The summed E-state index contributed by atoms with van der Waals surface area (Å²) in [5.74, 6) is 0.608. The molecule has 1 rings (SSSR count). The minimum Gasteiger partial charge on any atom is -0.497 e. The second-order valence-corrected chi connectivity index (χ2v) is 4.18. The van der Waals surface area contributed by atoms with Crippen molar-refractivity contribution >= 4 is 21.9 Å². The fourth-order valence-electron chi connectivity index (χ4n) is 1.32. The van der Waals surface area contributed by atoms with Crippen LogP contribution in [0.3, 0.4) is 0 Å². The lowest BCUT2D eigenvalue weighted by atomic mass is 10.2. The van der Waals surface area contributed by atoms with Crippen LogP contribution >= 0.6 is 15.9 Å². The molecule has 0 radical (unpaired) electrons. The first-order valence-corrected chi connectivity index (χ1v) is 6.02. The maximum atomic E-state index is 11.8. The summed E-state index contributed by atoms with van der Waals surface area (Å²) < 4.78 is 16.0. The van der Waals surface area contributed by atoms with Crippen LogP contribution in [-0.2, 0) is 4.74 Å². The Bertz CT molecular complexity index is 404. The third-order valence-electron chi connectivity index (χ3n) is 2.11. The first kappa shape index (κ1) is 13.8. The van der Waals surface area contributed by atoms with Crippen molar-refractivity contribution in [2.75, 3.05) is 20.8 Å². The summed E-state index contributed by atoms with van der Waals surface area (Å²) in [5, 5.41) is 0. The molecular formula is C12H15BrO4. The smallest absolute Gasteiger partial charge is 0.342 e. The summed E-state index contributed by atoms with van der Waals surface area (Å²) in [6.07, 6.45) is 0.777. The van der Waals surface area contributed by atoms with Gasteiger partial charge in [-0.3, -0.25) is 0 Å². The van der Waals surface area contributed by atoms with E-state index in [4.69, 9.17) is 14.2 Å². The Balaban J connectivity index is 3.10. The highest BCUT2D eigenvalue weighted by molar-refractivity contribution is 9.10. The van der Waals surface area contributed by atoms with Gasteiger partial charge in [-0.05, 0) is 34.5 Å². The molecule has 5 heteroatoms. The van der Waals surface area contributed by atoms with Crippen LogP contribution < -0.4 is 9.47 Å². The monoisotopic (exact) mass is 302 g/mol. The van der Waals surface area contributed by atoms with Crippen LogP contribution in [0.5, 0.6) is 11.5 Å². The van der Waals surface area contributed by atoms with E-state index in [0.717, 1.165) is 6.42 Å². The van der Waals surface area contributed by atoms with E-state index >= 15 is 0 Å². The molecule has 4 nitrogen and oxygen atoms in total. The zero-order valence-corrected chi connectivity index (χ0v) is 11.7. The second kappa shape index (κ2) is 6.49. The summed E-state index contributed by atoms with van der Waals surface area (Å²) >= 11 is 3.32. The van der Waals surface area contributed by atoms with E-state index in [0.29, 0.717) is 28.1 Å². The Kier molecular flexibility index (Phi) is 5.28. The predicted molar refractivity (Wildman–Crippen MR) is 67.8 cm³/mol. The van der Waals surface area contributed by atoms with Crippen LogP contribution in [0, 0.1) is 0 Å². The number of benzene rings is 1. The van der Waals surface area contributed by atoms with Crippen LogP contribution in [0.25, 0.3) is 0 Å². The average Bonchev–Trinajstić information content (AvgIpc) is 2.34. The first-order valence-electron chi connectivity index (χ1n) is 5.22. The number of halogens is 1. The van der Waals surface area contributed by atoms with Crippen molar-refractivity contribution in [2.24, 2.45) is 0 Å². The highest BCUT2D eigenvalue weighted by Gasteiger charge is 2.18. The zero-order valence-electron chi connectivity index (χ0n) is 10.1. The molecule has 0 aromatic heterocycles. The van der Waals surface area contributed by atoms with E-state index in [1.807, 2.05) is 6.92 Å². The van der Waals surface area contributed by atoms with Crippen molar-refractivity contribution in [1.29, 1.82) is 0 Å². The molecule has 0 N–H and O–H groups in total. The molecule has 0 heterocycles. The molecule has 0 aliphatic rings. The van der Waals surface area contributed by atoms with Gasteiger partial charge in [-0.1, -0.05) is 6.92 Å². The Morgan fingerprint density at radius 3 is 2.53 bits per heavy atom. The van der Waals surface area contributed by atoms with Gasteiger partial charge in [-0.15, -0.1) is 0 Å². The summed E-state index contributed by atoms with van der Waals surface area (Å²) in [5.41, 5.74) is 0.354. The Morgan fingerprint density at radius 1 is 1.29 bits per heavy atom. The van der Waals surface area contributed by atoms with E-state index in [-0.39, 0.29) is 0 Å². The largest absolute Gasteiger partial charge is 0.497 e. The molecule has 0 spiro atoms. The average molecular weight is 303 g/mol. The first-order chi connectivity index (χ1) is 8.13. The zero-order chi connectivity index (χ0) is 12.8. The molecule has 1 aromatic rings. The predicted octanol–water partition coefficient (Wildman–Crippen LogP) is 3.03. The number of carbonyl (C=O) groups is 1. The lowest BCUT2D eigenvalue weighted by molar-refractivity contribution is 0.0501. The maximum absolute atomic E-state index is 11.8. The van der Waals surface area contributed by atoms with Gasteiger partial charge in [-0.25, -0.2) is 4.79 Å². The van der Waals surface area contributed by atoms with Crippen LogP contribution in [0.2, 0.25) is 0 Å². The third-order valence-corrected chi connectivity index (χ3v) is 2.70. The molecule has 0 saturated heterocycles.